The van der Waals surface area contributed by atoms with Crippen LogP contribution in [0.3, 0.4) is 0 Å². The highest BCUT2D eigenvalue weighted by Gasteiger charge is 2.42. The van der Waals surface area contributed by atoms with E-state index < -0.39 is 11.4 Å². The van der Waals surface area contributed by atoms with Crippen LogP contribution in [-0.4, -0.2) is 47.7 Å². The highest BCUT2D eigenvalue weighted by atomic mass is 16.5. The van der Waals surface area contributed by atoms with Crippen molar-refractivity contribution in [3.8, 4) is 0 Å². The SMILES string of the molecule is CCC1(C(=O)O)CCCN(C(=O)CC2CCCCO2)C1. The second-order valence-corrected chi connectivity index (χ2v) is 6.05. The van der Waals surface area contributed by atoms with Gasteiger partial charge in [0.1, 0.15) is 0 Å². The van der Waals surface area contributed by atoms with E-state index in [0.29, 0.717) is 32.4 Å². The van der Waals surface area contributed by atoms with Crippen LogP contribution in [0.15, 0.2) is 0 Å². The van der Waals surface area contributed by atoms with Crippen LogP contribution >= 0.6 is 0 Å². The Kier molecular flexibility index (Phi) is 5.02. The van der Waals surface area contributed by atoms with Gasteiger partial charge in [0.2, 0.25) is 5.91 Å². The van der Waals surface area contributed by atoms with E-state index in [9.17, 15) is 14.7 Å². The quantitative estimate of drug-likeness (QED) is 0.857. The van der Waals surface area contributed by atoms with Crippen molar-refractivity contribution in [3.05, 3.63) is 0 Å². The lowest BCUT2D eigenvalue weighted by Crippen LogP contribution is -2.50. The van der Waals surface area contributed by atoms with Crippen LogP contribution in [0.4, 0.5) is 0 Å². The lowest BCUT2D eigenvalue weighted by molar-refractivity contribution is -0.155. The third-order valence-electron chi connectivity index (χ3n) is 4.74. The molecule has 114 valence electrons. The zero-order chi connectivity index (χ0) is 14.6. The first-order valence-corrected chi connectivity index (χ1v) is 7.70. The van der Waals surface area contributed by atoms with Crippen molar-refractivity contribution in [2.24, 2.45) is 5.41 Å². The molecule has 2 saturated heterocycles. The molecule has 0 aliphatic carbocycles. The van der Waals surface area contributed by atoms with Gasteiger partial charge in [0.05, 0.1) is 17.9 Å². The first-order chi connectivity index (χ1) is 9.57. The standard InChI is InChI=1S/C15H25NO4/c1-2-15(14(18)19)7-5-8-16(11-15)13(17)10-12-6-3-4-9-20-12/h12H,2-11H2,1H3,(H,18,19). The topological polar surface area (TPSA) is 66.8 Å². The Labute approximate surface area is 120 Å². The van der Waals surface area contributed by atoms with E-state index in [1.54, 1.807) is 4.90 Å². The minimum absolute atomic E-state index is 0.0269. The second kappa shape index (κ2) is 6.57. The number of hydrogen-bond donors (Lipinski definition) is 1. The van der Waals surface area contributed by atoms with Crippen LogP contribution in [0.1, 0.15) is 51.9 Å². The van der Waals surface area contributed by atoms with Crippen molar-refractivity contribution in [1.29, 1.82) is 0 Å². The lowest BCUT2D eigenvalue weighted by atomic mass is 9.77. The van der Waals surface area contributed by atoms with Crippen LogP contribution in [0.5, 0.6) is 0 Å². The van der Waals surface area contributed by atoms with Gasteiger partial charge in [0.25, 0.3) is 0 Å². The van der Waals surface area contributed by atoms with Gasteiger partial charge in [0, 0.05) is 19.7 Å². The largest absolute Gasteiger partial charge is 0.481 e. The smallest absolute Gasteiger partial charge is 0.311 e. The van der Waals surface area contributed by atoms with E-state index >= 15 is 0 Å². The van der Waals surface area contributed by atoms with Gasteiger partial charge in [-0.25, -0.2) is 0 Å². The Hall–Kier alpha value is -1.10. The molecule has 2 aliphatic heterocycles. The number of carboxylic acids is 1. The van der Waals surface area contributed by atoms with Crippen LogP contribution < -0.4 is 0 Å². The molecule has 5 nitrogen and oxygen atoms in total. The van der Waals surface area contributed by atoms with Crippen LogP contribution in [0.2, 0.25) is 0 Å². The zero-order valence-corrected chi connectivity index (χ0v) is 12.3. The van der Waals surface area contributed by atoms with E-state index in [1.807, 2.05) is 6.92 Å². The van der Waals surface area contributed by atoms with Gasteiger partial charge in [0.15, 0.2) is 0 Å². The Morgan fingerprint density at radius 3 is 2.75 bits per heavy atom. The fraction of sp³-hybridized carbons (Fsp3) is 0.867. The molecule has 2 heterocycles. The molecule has 2 unspecified atom stereocenters. The Balaban J connectivity index is 1.93. The number of amides is 1. The summed E-state index contributed by atoms with van der Waals surface area (Å²) in [6.07, 6.45) is 5.58. The number of carboxylic acid groups (broad SMARTS) is 1. The molecule has 0 aromatic carbocycles. The second-order valence-electron chi connectivity index (χ2n) is 6.05. The molecule has 2 atom stereocenters. The number of ether oxygens (including phenoxy) is 1. The summed E-state index contributed by atoms with van der Waals surface area (Å²) < 4.78 is 5.60. The van der Waals surface area contributed by atoms with E-state index in [4.69, 9.17) is 4.74 Å². The lowest BCUT2D eigenvalue weighted by Gasteiger charge is -2.40. The van der Waals surface area contributed by atoms with Gasteiger partial charge in [-0.15, -0.1) is 0 Å². The highest BCUT2D eigenvalue weighted by Crippen LogP contribution is 2.34. The van der Waals surface area contributed by atoms with Crippen LogP contribution in [0, 0.1) is 5.41 Å². The normalized spacial score (nSPS) is 31.1. The summed E-state index contributed by atoms with van der Waals surface area (Å²) in [5.74, 6) is -0.720. The van der Waals surface area contributed by atoms with Gasteiger partial charge < -0.3 is 14.7 Å². The van der Waals surface area contributed by atoms with Gasteiger partial charge in [-0.3, -0.25) is 9.59 Å². The van der Waals surface area contributed by atoms with Gasteiger partial charge >= 0.3 is 5.97 Å². The maximum atomic E-state index is 12.3. The average molecular weight is 283 g/mol. The van der Waals surface area contributed by atoms with Gasteiger partial charge in [-0.1, -0.05) is 6.92 Å². The predicted molar refractivity (Wildman–Crippen MR) is 74.4 cm³/mol. The van der Waals surface area contributed by atoms with E-state index in [2.05, 4.69) is 0 Å². The molecule has 1 N–H and O–H groups in total. The number of rotatable bonds is 4. The first kappa shape index (κ1) is 15.3. The minimum atomic E-state index is -0.772. The van der Waals surface area contributed by atoms with Crippen molar-refractivity contribution in [1.82, 2.24) is 4.90 Å². The fourth-order valence-corrected chi connectivity index (χ4v) is 3.25. The average Bonchev–Trinajstić information content (AvgIpc) is 2.48. The van der Waals surface area contributed by atoms with Crippen molar-refractivity contribution in [3.63, 3.8) is 0 Å². The minimum Gasteiger partial charge on any atom is -0.481 e. The predicted octanol–water partition coefficient (Wildman–Crippen LogP) is 2.05. The van der Waals surface area contributed by atoms with Crippen LogP contribution in [-0.2, 0) is 14.3 Å². The highest BCUT2D eigenvalue weighted by molar-refractivity contribution is 5.80. The van der Waals surface area contributed by atoms with E-state index in [1.165, 1.54) is 0 Å². The summed E-state index contributed by atoms with van der Waals surface area (Å²) >= 11 is 0. The monoisotopic (exact) mass is 283 g/mol. The number of nitrogens with zero attached hydrogens (tertiary/aromatic N) is 1. The first-order valence-electron chi connectivity index (χ1n) is 7.70. The molecule has 0 aromatic rings. The molecular weight excluding hydrogens is 258 g/mol. The maximum absolute atomic E-state index is 12.3. The number of carbonyl (C=O) groups is 2. The summed E-state index contributed by atoms with van der Waals surface area (Å²) in [5.41, 5.74) is -0.749. The zero-order valence-electron chi connectivity index (χ0n) is 12.3. The molecule has 5 heteroatoms. The fourth-order valence-electron chi connectivity index (χ4n) is 3.25. The maximum Gasteiger partial charge on any atom is 0.311 e. The number of carbonyl (C=O) groups excluding carboxylic acids is 1. The number of piperidine rings is 1. The third kappa shape index (κ3) is 3.32. The summed E-state index contributed by atoms with van der Waals surface area (Å²) in [6.45, 7) is 3.67. The molecule has 2 rings (SSSR count). The molecule has 20 heavy (non-hydrogen) atoms. The molecule has 0 aromatic heterocycles. The van der Waals surface area contributed by atoms with Gasteiger partial charge in [-0.05, 0) is 38.5 Å². The summed E-state index contributed by atoms with van der Waals surface area (Å²) in [4.78, 5) is 25.6. The van der Waals surface area contributed by atoms with E-state index in [0.717, 1.165) is 32.3 Å². The molecule has 0 saturated carbocycles. The molecule has 1 amide bonds. The molecule has 0 radical (unpaired) electrons. The van der Waals surface area contributed by atoms with Crippen molar-refractivity contribution >= 4 is 11.9 Å². The van der Waals surface area contributed by atoms with Gasteiger partial charge in [-0.2, -0.15) is 0 Å². The number of hydrogen-bond acceptors (Lipinski definition) is 3. The third-order valence-corrected chi connectivity index (χ3v) is 4.74. The summed E-state index contributed by atoms with van der Waals surface area (Å²) in [5, 5.41) is 9.45. The Morgan fingerprint density at radius 1 is 1.35 bits per heavy atom. The number of likely N-dealkylation sites (tertiary alicyclic amines) is 1. The summed E-state index contributed by atoms with van der Waals surface area (Å²) in [7, 11) is 0. The van der Waals surface area contributed by atoms with Crippen LogP contribution in [0.25, 0.3) is 0 Å². The van der Waals surface area contributed by atoms with Crippen molar-refractivity contribution < 1.29 is 19.4 Å². The molecule has 2 aliphatic rings. The molecule has 0 bridgehead atoms. The Morgan fingerprint density at radius 2 is 2.15 bits per heavy atom. The summed E-state index contributed by atoms with van der Waals surface area (Å²) in [6, 6.07) is 0. The van der Waals surface area contributed by atoms with Crippen molar-refractivity contribution in [2.45, 2.75) is 58.0 Å². The Bertz CT molecular complexity index is 365. The van der Waals surface area contributed by atoms with E-state index in [-0.39, 0.29) is 12.0 Å². The molecule has 2 fully saturated rings. The number of aliphatic carboxylic acids is 1. The molecular formula is C15H25NO4. The van der Waals surface area contributed by atoms with Crippen molar-refractivity contribution in [2.75, 3.05) is 19.7 Å². The molecule has 0 spiro atoms.